The Kier molecular flexibility index (Phi) is 16.0. The molecule has 0 aromatic rings. The fraction of sp³-hybridized carbons (Fsp3) is 0.917. The van der Waals surface area contributed by atoms with Crippen LogP contribution in [0.1, 0.15) is 46.0 Å². The predicted octanol–water partition coefficient (Wildman–Crippen LogP) is 2.28. The SMILES string of the molecule is CC.CNC1CCCCC1.COCC(=O)O. The Bertz CT molecular complexity index is 145. The molecule has 1 fully saturated rings. The Morgan fingerprint density at radius 2 is 1.81 bits per heavy atom. The van der Waals surface area contributed by atoms with Crippen molar-refractivity contribution >= 4 is 5.97 Å². The van der Waals surface area contributed by atoms with Crippen LogP contribution in [0.3, 0.4) is 0 Å². The van der Waals surface area contributed by atoms with Gasteiger partial charge in [-0.15, -0.1) is 0 Å². The summed E-state index contributed by atoms with van der Waals surface area (Å²) in [6.45, 7) is 3.79. The van der Waals surface area contributed by atoms with Crippen molar-refractivity contribution in [1.82, 2.24) is 5.32 Å². The van der Waals surface area contributed by atoms with Crippen LogP contribution < -0.4 is 5.32 Å². The number of hydrogen-bond donors (Lipinski definition) is 2. The van der Waals surface area contributed by atoms with Crippen LogP contribution in [0.5, 0.6) is 0 Å². The molecule has 16 heavy (non-hydrogen) atoms. The largest absolute Gasteiger partial charge is 0.480 e. The Balaban J connectivity index is 0. The van der Waals surface area contributed by atoms with Gasteiger partial charge in [0.05, 0.1) is 0 Å². The van der Waals surface area contributed by atoms with Crippen molar-refractivity contribution in [3.8, 4) is 0 Å². The van der Waals surface area contributed by atoms with E-state index in [0.29, 0.717) is 0 Å². The first-order valence-electron chi connectivity index (χ1n) is 6.08. The van der Waals surface area contributed by atoms with E-state index in [9.17, 15) is 4.79 Å². The molecule has 4 heteroatoms. The minimum absolute atomic E-state index is 0.208. The molecule has 0 spiro atoms. The van der Waals surface area contributed by atoms with Crippen molar-refractivity contribution in [2.45, 2.75) is 52.0 Å². The number of aliphatic carboxylic acids is 1. The molecule has 1 saturated carbocycles. The zero-order valence-electron chi connectivity index (χ0n) is 11.1. The molecule has 0 aromatic heterocycles. The Morgan fingerprint density at radius 3 is 2.00 bits per heavy atom. The third-order valence-corrected chi connectivity index (χ3v) is 2.28. The summed E-state index contributed by atoms with van der Waals surface area (Å²) in [5.41, 5.74) is 0. The second kappa shape index (κ2) is 14.4. The van der Waals surface area contributed by atoms with Gasteiger partial charge in [0, 0.05) is 13.2 Å². The molecule has 1 aliphatic rings. The lowest BCUT2D eigenvalue weighted by Crippen LogP contribution is -2.26. The van der Waals surface area contributed by atoms with E-state index in [1.807, 2.05) is 13.8 Å². The zero-order chi connectivity index (χ0) is 12.8. The van der Waals surface area contributed by atoms with E-state index in [-0.39, 0.29) is 6.61 Å². The molecule has 1 aliphatic carbocycles. The third kappa shape index (κ3) is 13.4. The van der Waals surface area contributed by atoms with Gasteiger partial charge in [0.2, 0.25) is 0 Å². The average Bonchev–Trinajstić information content (AvgIpc) is 2.33. The fourth-order valence-electron chi connectivity index (χ4n) is 1.51. The van der Waals surface area contributed by atoms with Crippen LogP contribution in [-0.2, 0) is 9.53 Å². The molecule has 0 aromatic carbocycles. The van der Waals surface area contributed by atoms with E-state index in [4.69, 9.17) is 5.11 Å². The molecule has 0 saturated heterocycles. The second-order valence-corrected chi connectivity index (χ2v) is 3.45. The van der Waals surface area contributed by atoms with Gasteiger partial charge in [-0.2, -0.15) is 0 Å². The highest BCUT2D eigenvalue weighted by molar-refractivity contribution is 5.67. The third-order valence-electron chi connectivity index (χ3n) is 2.28. The molecule has 0 aliphatic heterocycles. The summed E-state index contributed by atoms with van der Waals surface area (Å²) in [5.74, 6) is -0.933. The van der Waals surface area contributed by atoms with Crippen molar-refractivity contribution in [2.24, 2.45) is 0 Å². The maximum atomic E-state index is 9.47. The Hall–Kier alpha value is -0.610. The topological polar surface area (TPSA) is 58.6 Å². The van der Waals surface area contributed by atoms with Gasteiger partial charge in [-0.1, -0.05) is 33.1 Å². The number of carboxylic acid groups (broad SMARTS) is 1. The fourth-order valence-corrected chi connectivity index (χ4v) is 1.51. The summed E-state index contributed by atoms with van der Waals surface area (Å²) in [6, 6.07) is 0.837. The van der Waals surface area contributed by atoms with Gasteiger partial charge in [0.1, 0.15) is 6.61 Å². The molecular formula is C12H27NO3. The van der Waals surface area contributed by atoms with Crippen LogP contribution in [-0.4, -0.2) is 37.9 Å². The van der Waals surface area contributed by atoms with E-state index in [0.717, 1.165) is 6.04 Å². The second-order valence-electron chi connectivity index (χ2n) is 3.45. The number of carboxylic acids is 1. The van der Waals surface area contributed by atoms with Crippen LogP contribution in [0.2, 0.25) is 0 Å². The smallest absolute Gasteiger partial charge is 0.329 e. The number of nitrogens with one attached hydrogen (secondary N) is 1. The number of rotatable bonds is 3. The Labute approximate surface area is 99.4 Å². The zero-order valence-corrected chi connectivity index (χ0v) is 11.1. The molecular weight excluding hydrogens is 206 g/mol. The summed E-state index contributed by atoms with van der Waals surface area (Å²) >= 11 is 0. The van der Waals surface area contributed by atoms with Crippen molar-refractivity contribution in [1.29, 1.82) is 0 Å². The van der Waals surface area contributed by atoms with Crippen LogP contribution in [0.4, 0.5) is 0 Å². The molecule has 0 unspecified atom stereocenters. The van der Waals surface area contributed by atoms with E-state index in [2.05, 4.69) is 17.1 Å². The minimum Gasteiger partial charge on any atom is -0.480 e. The maximum absolute atomic E-state index is 9.47. The highest BCUT2D eigenvalue weighted by atomic mass is 16.5. The highest BCUT2D eigenvalue weighted by Gasteiger charge is 2.09. The first-order chi connectivity index (χ1) is 7.70. The molecule has 0 heterocycles. The first-order valence-corrected chi connectivity index (χ1v) is 6.08. The normalized spacial score (nSPS) is 15.2. The van der Waals surface area contributed by atoms with Gasteiger partial charge in [-0.05, 0) is 19.9 Å². The number of methoxy groups -OCH3 is 1. The molecule has 98 valence electrons. The monoisotopic (exact) mass is 233 g/mol. The number of hydrogen-bond acceptors (Lipinski definition) is 3. The summed E-state index contributed by atoms with van der Waals surface area (Å²) in [7, 11) is 3.41. The van der Waals surface area contributed by atoms with Crippen molar-refractivity contribution < 1.29 is 14.6 Å². The summed E-state index contributed by atoms with van der Waals surface area (Å²) < 4.78 is 4.20. The predicted molar refractivity (Wildman–Crippen MR) is 66.8 cm³/mol. The standard InChI is InChI=1S/C7H15N.C3H6O3.C2H6/c1-8-7-5-3-2-4-6-7;1-6-2-3(4)5;1-2/h7-8H,2-6H2,1H3;2H2,1H3,(H,4,5);1-2H3. The molecule has 0 atom stereocenters. The van der Waals surface area contributed by atoms with E-state index < -0.39 is 5.97 Å². The maximum Gasteiger partial charge on any atom is 0.329 e. The minimum atomic E-state index is -0.933. The number of ether oxygens (including phenoxy) is 1. The van der Waals surface area contributed by atoms with E-state index in [1.54, 1.807) is 0 Å². The molecule has 0 bridgehead atoms. The van der Waals surface area contributed by atoms with E-state index in [1.165, 1.54) is 39.2 Å². The van der Waals surface area contributed by atoms with Crippen LogP contribution >= 0.6 is 0 Å². The molecule has 1 rings (SSSR count). The van der Waals surface area contributed by atoms with Gasteiger partial charge in [0.25, 0.3) is 0 Å². The summed E-state index contributed by atoms with van der Waals surface area (Å²) in [5, 5.41) is 11.1. The highest BCUT2D eigenvalue weighted by Crippen LogP contribution is 2.16. The average molecular weight is 233 g/mol. The summed E-state index contributed by atoms with van der Waals surface area (Å²) in [4.78, 5) is 9.47. The number of carbonyl (C=O) groups is 1. The molecule has 2 N–H and O–H groups in total. The lowest BCUT2D eigenvalue weighted by atomic mass is 9.96. The van der Waals surface area contributed by atoms with Gasteiger partial charge in [0.15, 0.2) is 0 Å². The van der Waals surface area contributed by atoms with Crippen LogP contribution in [0, 0.1) is 0 Å². The van der Waals surface area contributed by atoms with Crippen LogP contribution in [0.25, 0.3) is 0 Å². The van der Waals surface area contributed by atoms with Crippen molar-refractivity contribution in [2.75, 3.05) is 20.8 Å². The van der Waals surface area contributed by atoms with Crippen molar-refractivity contribution in [3.63, 3.8) is 0 Å². The molecule has 4 nitrogen and oxygen atoms in total. The van der Waals surface area contributed by atoms with Crippen LogP contribution in [0.15, 0.2) is 0 Å². The van der Waals surface area contributed by atoms with Gasteiger partial charge in [-0.3, -0.25) is 0 Å². The quantitative estimate of drug-likeness (QED) is 0.785. The van der Waals surface area contributed by atoms with Gasteiger partial charge >= 0.3 is 5.97 Å². The van der Waals surface area contributed by atoms with Crippen molar-refractivity contribution in [3.05, 3.63) is 0 Å². The van der Waals surface area contributed by atoms with E-state index >= 15 is 0 Å². The van der Waals surface area contributed by atoms with Gasteiger partial charge < -0.3 is 15.2 Å². The first kappa shape index (κ1) is 17.8. The van der Waals surface area contributed by atoms with Gasteiger partial charge in [-0.25, -0.2) is 4.79 Å². The summed E-state index contributed by atoms with van der Waals surface area (Å²) in [6.07, 6.45) is 7.13. The lowest BCUT2D eigenvalue weighted by molar-refractivity contribution is -0.141. The Morgan fingerprint density at radius 1 is 1.31 bits per heavy atom. The molecule has 0 radical (unpaired) electrons. The lowest BCUT2D eigenvalue weighted by Gasteiger charge is -2.20. The molecule has 0 amide bonds.